The topological polar surface area (TPSA) is 78.9 Å². The van der Waals surface area contributed by atoms with E-state index < -0.39 is 11.9 Å². The molecule has 6 nitrogen and oxygen atoms in total. The predicted molar refractivity (Wildman–Crippen MR) is 106 cm³/mol. The number of carbonyl (C=O) groups excluding carboxylic acids is 3. The van der Waals surface area contributed by atoms with Gasteiger partial charge in [-0.05, 0) is 48.0 Å². The molecule has 0 bridgehead atoms. The quantitative estimate of drug-likeness (QED) is 0.227. The molecular weight excluding hydrogens is 372 g/mol. The van der Waals surface area contributed by atoms with E-state index in [0.717, 1.165) is 11.6 Å². The molecule has 0 aliphatic carbocycles. The summed E-state index contributed by atoms with van der Waals surface area (Å²) in [6, 6.07) is 13.1. The van der Waals surface area contributed by atoms with E-state index in [1.165, 1.54) is 18.2 Å². The summed E-state index contributed by atoms with van der Waals surface area (Å²) in [5, 5.41) is 0. The fourth-order valence-electron chi connectivity index (χ4n) is 2.05. The highest BCUT2D eigenvalue weighted by Gasteiger charge is 2.03. The SMILES string of the molecule is C=CC(=O)Cc1ccc(C#CC(=O)Oc2ccc(OCOC(=O)C=C)cc2)cc1. The number of carbonyl (C=O) groups is 3. The molecule has 2 rings (SSSR count). The molecule has 0 saturated carbocycles. The van der Waals surface area contributed by atoms with Crippen LogP contribution < -0.4 is 9.47 Å². The molecule has 0 aromatic heterocycles. The van der Waals surface area contributed by atoms with E-state index in [1.807, 2.05) is 0 Å². The zero-order valence-corrected chi connectivity index (χ0v) is 15.6. The molecule has 29 heavy (non-hydrogen) atoms. The smallest absolute Gasteiger partial charge is 0.390 e. The zero-order chi connectivity index (χ0) is 21.1. The first-order valence-electron chi connectivity index (χ1n) is 8.50. The fourth-order valence-corrected chi connectivity index (χ4v) is 2.05. The Balaban J connectivity index is 1.86. The highest BCUT2D eigenvalue weighted by Crippen LogP contribution is 2.17. The molecule has 2 aromatic rings. The maximum absolute atomic E-state index is 11.9. The highest BCUT2D eigenvalue weighted by atomic mass is 16.7. The van der Waals surface area contributed by atoms with Crippen LogP contribution in [0.5, 0.6) is 11.5 Å². The van der Waals surface area contributed by atoms with Crippen molar-refractivity contribution in [1.29, 1.82) is 0 Å². The molecule has 2 aromatic carbocycles. The Labute approximate surface area is 168 Å². The zero-order valence-electron chi connectivity index (χ0n) is 15.6. The van der Waals surface area contributed by atoms with Gasteiger partial charge in [-0.2, -0.15) is 0 Å². The molecule has 0 heterocycles. The summed E-state index contributed by atoms with van der Waals surface area (Å²) in [7, 11) is 0. The standard InChI is InChI=1S/C23H18O6/c1-3-19(24)15-18-7-5-17(6-8-18)9-14-23(26)29-21-12-10-20(11-13-21)27-16-28-22(25)4-2/h3-8,10-13H,1-2,15-16H2. The van der Waals surface area contributed by atoms with Gasteiger partial charge in [0.1, 0.15) is 11.5 Å². The van der Waals surface area contributed by atoms with Crippen LogP contribution >= 0.6 is 0 Å². The van der Waals surface area contributed by atoms with Gasteiger partial charge in [-0.1, -0.05) is 31.2 Å². The number of allylic oxidation sites excluding steroid dienone is 1. The molecule has 0 spiro atoms. The normalized spacial score (nSPS) is 9.38. The molecule has 0 saturated heterocycles. The number of ether oxygens (including phenoxy) is 3. The first-order chi connectivity index (χ1) is 14.0. The van der Waals surface area contributed by atoms with Gasteiger partial charge < -0.3 is 14.2 Å². The lowest BCUT2D eigenvalue weighted by molar-refractivity contribution is -0.144. The minimum absolute atomic E-state index is 0.0680. The van der Waals surface area contributed by atoms with E-state index in [9.17, 15) is 14.4 Å². The number of rotatable bonds is 8. The Morgan fingerprint density at radius 2 is 1.55 bits per heavy atom. The molecule has 0 aliphatic heterocycles. The van der Waals surface area contributed by atoms with Gasteiger partial charge >= 0.3 is 11.9 Å². The summed E-state index contributed by atoms with van der Waals surface area (Å²) in [6.07, 6.45) is 2.58. The van der Waals surface area contributed by atoms with Crippen molar-refractivity contribution in [3.8, 4) is 23.3 Å². The molecule has 0 amide bonds. The van der Waals surface area contributed by atoms with Crippen LogP contribution in [0.3, 0.4) is 0 Å². The third kappa shape index (κ3) is 7.57. The summed E-state index contributed by atoms with van der Waals surface area (Å²) in [5.74, 6) is 4.45. The van der Waals surface area contributed by atoms with Crippen molar-refractivity contribution in [1.82, 2.24) is 0 Å². The lowest BCUT2D eigenvalue weighted by Gasteiger charge is -2.06. The molecule has 0 N–H and O–H groups in total. The summed E-state index contributed by atoms with van der Waals surface area (Å²) in [5.41, 5.74) is 1.46. The second-order valence-corrected chi connectivity index (χ2v) is 5.58. The van der Waals surface area contributed by atoms with Crippen LogP contribution in [0, 0.1) is 11.8 Å². The second kappa shape index (κ2) is 10.9. The summed E-state index contributed by atoms with van der Waals surface area (Å²) in [6.45, 7) is 6.45. The Morgan fingerprint density at radius 1 is 0.897 bits per heavy atom. The Kier molecular flexibility index (Phi) is 7.96. The van der Waals surface area contributed by atoms with Crippen molar-refractivity contribution in [2.45, 2.75) is 6.42 Å². The molecule has 6 heteroatoms. The van der Waals surface area contributed by atoms with Crippen LogP contribution in [0.25, 0.3) is 0 Å². The molecule has 0 unspecified atom stereocenters. The lowest BCUT2D eigenvalue weighted by atomic mass is 10.1. The molecule has 0 radical (unpaired) electrons. The molecule has 146 valence electrons. The Hall–Kier alpha value is -4.11. The Bertz CT molecular complexity index is 959. The van der Waals surface area contributed by atoms with Crippen LogP contribution in [-0.4, -0.2) is 24.5 Å². The fraction of sp³-hybridized carbons (Fsp3) is 0.0870. The van der Waals surface area contributed by atoms with Gasteiger partial charge in [0.2, 0.25) is 6.79 Å². The first kappa shape index (κ1) is 21.2. The van der Waals surface area contributed by atoms with Crippen LogP contribution in [-0.2, 0) is 25.5 Å². The van der Waals surface area contributed by atoms with Crippen molar-refractivity contribution in [3.63, 3.8) is 0 Å². The monoisotopic (exact) mass is 390 g/mol. The number of benzene rings is 2. The third-order valence-electron chi connectivity index (χ3n) is 3.50. The molecule has 0 aliphatic rings. The number of hydrogen-bond donors (Lipinski definition) is 0. The van der Waals surface area contributed by atoms with Crippen LogP contribution in [0.2, 0.25) is 0 Å². The summed E-state index contributed by atoms with van der Waals surface area (Å²) in [4.78, 5) is 34.1. The average Bonchev–Trinajstić information content (AvgIpc) is 2.74. The molecular formula is C23H18O6. The van der Waals surface area contributed by atoms with E-state index in [0.29, 0.717) is 11.3 Å². The van der Waals surface area contributed by atoms with Gasteiger partial charge in [-0.25, -0.2) is 9.59 Å². The van der Waals surface area contributed by atoms with Gasteiger partial charge in [-0.15, -0.1) is 0 Å². The summed E-state index contributed by atoms with van der Waals surface area (Å²) < 4.78 is 15.0. The van der Waals surface area contributed by atoms with E-state index >= 15 is 0 Å². The number of esters is 2. The van der Waals surface area contributed by atoms with Crippen molar-refractivity contribution in [2.24, 2.45) is 0 Å². The minimum atomic E-state index is -0.718. The Morgan fingerprint density at radius 3 is 2.17 bits per heavy atom. The second-order valence-electron chi connectivity index (χ2n) is 5.58. The first-order valence-corrected chi connectivity index (χ1v) is 8.50. The minimum Gasteiger partial charge on any atom is -0.457 e. The summed E-state index contributed by atoms with van der Waals surface area (Å²) >= 11 is 0. The lowest BCUT2D eigenvalue weighted by Crippen LogP contribution is -2.08. The highest BCUT2D eigenvalue weighted by molar-refractivity contribution is 5.91. The van der Waals surface area contributed by atoms with Crippen LogP contribution in [0.1, 0.15) is 11.1 Å². The van der Waals surface area contributed by atoms with E-state index in [2.05, 4.69) is 25.0 Å². The van der Waals surface area contributed by atoms with Gasteiger partial charge in [0.25, 0.3) is 0 Å². The van der Waals surface area contributed by atoms with Gasteiger partial charge in [-0.3, -0.25) is 4.79 Å². The van der Waals surface area contributed by atoms with E-state index in [4.69, 9.17) is 14.2 Å². The maximum atomic E-state index is 11.9. The van der Waals surface area contributed by atoms with Crippen molar-refractivity contribution in [2.75, 3.05) is 6.79 Å². The largest absolute Gasteiger partial charge is 0.457 e. The number of ketones is 1. The van der Waals surface area contributed by atoms with Crippen molar-refractivity contribution < 1.29 is 28.6 Å². The third-order valence-corrected chi connectivity index (χ3v) is 3.50. The number of hydrogen-bond acceptors (Lipinski definition) is 6. The molecule has 0 fully saturated rings. The van der Waals surface area contributed by atoms with E-state index in [-0.39, 0.29) is 24.7 Å². The van der Waals surface area contributed by atoms with Gasteiger partial charge in [0.15, 0.2) is 5.78 Å². The predicted octanol–water partition coefficient (Wildman–Crippen LogP) is 3.01. The van der Waals surface area contributed by atoms with Gasteiger partial charge in [0, 0.05) is 24.0 Å². The molecule has 0 atom stereocenters. The van der Waals surface area contributed by atoms with Crippen LogP contribution in [0.15, 0.2) is 73.8 Å². The average molecular weight is 390 g/mol. The van der Waals surface area contributed by atoms with E-state index in [1.54, 1.807) is 36.4 Å². The van der Waals surface area contributed by atoms with Crippen molar-refractivity contribution in [3.05, 3.63) is 85.0 Å². The maximum Gasteiger partial charge on any atom is 0.390 e. The van der Waals surface area contributed by atoms with Gasteiger partial charge in [0.05, 0.1) is 0 Å². The van der Waals surface area contributed by atoms with Crippen LogP contribution in [0.4, 0.5) is 0 Å². The van der Waals surface area contributed by atoms with Crippen molar-refractivity contribution >= 4 is 17.7 Å².